The zero-order valence-electron chi connectivity index (χ0n) is 11.6. The summed E-state index contributed by atoms with van der Waals surface area (Å²) in [4.78, 5) is 0. The van der Waals surface area contributed by atoms with Crippen LogP contribution < -0.4 is 10.1 Å². The number of halogens is 2. The first kappa shape index (κ1) is 15.8. The largest absolute Gasteiger partial charge is 0.497 e. The van der Waals surface area contributed by atoms with Crippen LogP contribution in [0.25, 0.3) is 0 Å². The second kappa shape index (κ2) is 7.41. The Labute approximate surface area is 128 Å². The molecule has 0 saturated carbocycles. The van der Waals surface area contributed by atoms with Crippen LogP contribution in [0.2, 0.25) is 5.02 Å². The molecule has 0 amide bonds. The number of aliphatic hydroxyl groups excluding tert-OH is 1. The lowest BCUT2D eigenvalue weighted by molar-refractivity contribution is 0.174. The first-order chi connectivity index (χ1) is 10.1. The molecular weight excluding hydrogens is 293 g/mol. The third-order valence-corrected chi connectivity index (χ3v) is 3.44. The van der Waals surface area contributed by atoms with Crippen molar-refractivity contribution in [3.05, 3.63) is 64.4 Å². The van der Waals surface area contributed by atoms with Gasteiger partial charge in [-0.15, -0.1) is 0 Å². The maximum Gasteiger partial charge on any atom is 0.142 e. The van der Waals surface area contributed by atoms with Crippen LogP contribution in [0.3, 0.4) is 0 Å². The summed E-state index contributed by atoms with van der Waals surface area (Å²) in [5.41, 5.74) is 1.54. The van der Waals surface area contributed by atoms with E-state index < -0.39 is 11.9 Å². The molecule has 2 N–H and O–H groups in total. The lowest BCUT2D eigenvalue weighted by Gasteiger charge is -2.13. The Morgan fingerprint density at radius 2 is 2.10 bits per heavy atom. The van der Waals surface area contributed by atoms with Gasteiger partial charge in [0, 0.05) is 13.1 Å². The van der Waals surface area contributed by atoms with Gasteiger partial charge in [-0.3, -0.25) is 0 Å². The third-order valence-electron chi connectivity index (χ3n) is 3.13. The van der Waals surface area contributed by atoms with Crippen LogP contribution in [-0.2, 0) is 6.54 Å². The highest BCUT2D eigenvalue weighted by Gasteiger charge is 2.08. The molecule has 112 valence electrons. The number of methoxy groups -OCH3 is 1. The maximum absolute atomic E-state index is 13.3. The van der Waals surface area contributed by atoms with E-state index in [1.54, 1.807) is 19.2 Å². The molecule has 3 nitrogen and oxygen atoms in total. The van der Waals surface area contributed by atoms with Crippen molar-refractivity contribution >= 4 is 11.6 Å². The molecule has 0 aliphatic carbocycles. The number of benzene rings is 2. The Balaban J connectivity index is 1.88. The maximum atomic E-state index is 13.3. The van der Waals surface area contributed by atoms with Gasteiger partial charge in [0.2, 0.25) is 0 Å². The Bertz CT molecular complexity index is 607. The van der Waals surface area contributed by atoms with Crippen molar-refractivity contribution in [2.45, 2.75) is 12.6 Å². The van der Waals surface area contributed by atoms with Gasteiger partial charge in [0.1, 0.15) is 11.6 Å². The molecule has 0 fully saturated rings. The molecule has 1 unspecified atom stereocenters. The molecule has 0 aromatic heterocycles. The quantitative estimate of drug-likeness (QED) is 0.860. The van der Waals surface area contributed by atoms with E-state index in [0.717, 1.165) is 11.1 Å². The summed E-state index contributed by atoms with van der Waals surface area (Å²) in [5.74, 6) is 0.260. The number of hydrogen-bond donors (Lipinski definition) is 2. The standard InChI is InChI=1S/C16H17ClFNO2/c1-21-13-4-2-3-12(8-13)16(20)10-19-9-11-5-6-14(17)15(18)7-11/h2-8,16,19-20H,9-10H2,1H3. The molecule has 0 aliphatic rings. The molecule has 0 heterocycles. The van der Waals surface area contributed by atoms with Crippen molar-refractivity contribution in [3.63, 3.8) is 0 Å². The fourth-order valence-electron chi connectivity index (χ4n) is 1.97. The highest BCUT2D eigenvalue weighted by atomic mass is 35.5. The predicted octanol–water partition coefficient (Wildman–Crippen LogP) is 3.31. The molecule has 2 aromatic carbocycles. The second-order valence-corrected chi connectivity index (χ2v) is 5.08. The van der Waals surface area contributed by atoms with Crippen molar-refractivity contribution in [1.82, 2.24) is 5.32 Å². The van der Waals surface area contributed by atoms with Gasteiger partial charge in [0.25, 0.3) is 0 Å². The highest BCUT2D eigenvalue weighted by Crippen LogP contribution is 2.19. The van der Waals surface area contributed by atoms with Gasteiger partial charge in [0.05, 0.1) is 18.2 Å². The second-order valence-electron chi connectivity index (χ2n) is 4.67. The molecule has 2 rings (SSSR count). The van der Waals surface area contributed by atoms with Crippen molar-refractivity contribution in [2.24, 2.45) is 0 Å². The van der Waals surface area contributed by atoms with Crippen LogP contribution >= 0.6 is 11.6 Å². The van der Waals surface area contributed by atoms with Gasteiger partial charge in [-0.05, 0) is 35.4 Å². The van der Waals surface area contributed by atoms with E-state index in [9.17, 15) is 9.50 Å². The molecular formula is C16H17ClFNO2. The first-order valence-corrected chi connectivity index (χ1v) is 6.94. The summed E-state index contributed by atoms with van der Waals surface area (Å²) < 4.78 is 18.4. The summed E-state index contributed by atoms with van der Waals surface area (Å²) in [6.45, 7) is 0.812. The zero-order valence-corrected chi connectivity index (χ0v) is 12.4. The minimum atomic E-state index is -0.655. The number of aliphatic hydroxyl groups is 1. The van der Waals surface area contributed by atoms with Gasteiger partial charge < -0.3 is 15.2 Å². The molecule has 0 spiro atoms. The summed E-state index contributed by atoms with van der Waals surface area (Å²) in [7, 11) is 1.58. The van der Waals surface area contributed by atoms with Crippen molar-refractivity contribution < 1.29 is 14.2 Å². The summed E-state index contributed by atoms with van der Waals surface area (Å²) in [6, 6.07) is 11.9. The van der Waals surface area contributed by atoms with Crippen LogP contribution in [0.1, 0.15) is 17.2 Å². The molecule has 1 atom stereocenters. The van der Waals surface area contributed by atoms with Gasteiger partial charge >= 0.3 is 0 Å². The van der Waals surface area contributed by atoms with Crippen LogP contribution in [0, 0.1) is 5.82 Å². The van der Waals surface area contributed by atoms with Crippen LogP contribution in [0.5, 0.6) is 5.75 Å². The zero-order chi connectivity index (χ0) is 15.2. The smallest absolute Gasteiger partial charge is 0.142 e. The van der Waals surface area contributed by atoms with E-state index >= 15 is 0 Å². The van der Waals surface area contributed by atoms with E-state index in [4.69, 9.17) is 16.3 Å². The average molecular weight is 310 g/mol. The molecule has 2 aromatic rings. The molecule has 21 heavy (non-hydrogen) atoms. The lowest BCUT2D eigenvalue weighted by atomic mass is 10.1. The number of hydrogen-bond acceptors (Lipinski definition) is 3. The van der Waals surface area contributed by atoms with Crippen molar-refractivity contribution in [2.75, 3.05) is 13.7 Å². The van der Waals surface area contributed by atoms with E-state index in [1.165, 1.54) is 12.1 Å². The SMILES string of the molecule is COc1cccc(C(O)CNCc2ccc(Cl)c(F)c2)c1. The topological polar surface area (TPSA) is 41.5 Å². The van der Waals surface area contributed by atoms with E-state index in [1.807, 2.05) is 18.2 Å². The Hall–Kier alpha value is -1.62. The molecule has 5 heteroatoms. The van der Waals surface area contributed by atoms with Crippen LogP contribution in [0.15, 0.2) is 42.5 Å². The monoisotopic (exact) mass is 309 g/mol. The first-order valence-electron chi connectivity index (χ1n) is 6.57. The number of rotatable bonds is 6. The van der Waals surface area contributed by atoms with Crippen LogP contribution in [0.4, 0.5) is 4.39 Å². The third kappa shape index (κ3) is 4.43. The van der Waals surface area contributed by atoms with Gasteiger partial charge in [0.15, 0.2) is 0 Å². The highest BCUT2D eigenvalue weighted by molar-refractivity contribution is 6.30. The van der Waals surface area contributed by atoms with Crippen LogP contribution in [-0.4, -0.2) is 18.8 Å². The minimum Gasteiger partial charge on any atom is -0.497 e. The van der Waals surface area contributed by atoms with E-state index in [2.05, 4.69) is 5.32 Å². The van der Waals surface area contributed by atoms with Gasteiger partial charge in [-0.1, -0.05) is 29.8 Å². The van der Waals surface area contributed by atoms with Crippen molar-refractivity contribution in [1.29, 1.82) is 0 Å². The number of ether oxygens (including phenoxy) is 1. The summed E-state index contributed by atoms with van der Waals surface area (Å²) >= 11 is 5.63. The minimum absolute atomic E-state index is 0.107. The summed E-state index contributed by atoms with van der Waals surface area (Å²) in [6.07, 6.45) is -0.655. The Kier molecular flexibility index (Phi) is 5.56. The molecule has 0 radical (unpaired) electrons. The average Bonchev–Trinajstić information content (AvgIpc) is 2.50. The predicted molar refractivity (Wildman–Crippen MR) is 81.1 cm³/mol. The van der Waals surface area contributed by atoms with Gasteiger partial charge in [-0.2, -0.15) is 0 Å². The molecule has 0 aliphatic heterocycles. The molecule has 0 bridgehead atoms. The lowest BCUT2D eigenvalue weighted by Crippen LogP contribution is -2.21. The van der Waals surface area contributed by atoms with E-state index in [-0.39, 0.29) is 5.02 Å². The molecule has 0 saturated heterocycles. The fraction of sp³-hybridized carbons (Fsp3) is 0.250. The Morgan fingerprint density at radius 3 is 2.81 bits per heavy atom. The van der Waals surface area contributed by atoms with Crippen molar-refractivity contribution in [3.8, 4) is 5.75 Å². The van der Waals surface area contributed by atoms with E-state index in [0.29, 0.717) is 18.8 Å². The fourth-order valence-corrected chi connectivity index (χ4v) is 2.09. The number of nitrogens with one attached hydrogen (secondary N) is 1. The Morgan fingerprint density at radius 1 is 1.29 bits per heavy atom. The normalized spacial score (nSPS) is 12.2. The summed E-state index contributed by atoms with van der Waals surface area (Å²) in [5, 5.41) is 13.3. The van der Waals surface area contributed by atoms with Gasteiger partial charge in [-0.25, -0.2) is 4.39 Å².